The lowest BCUT2D eigenvalue weighted by Gasteiger charge is -2.55. The highest BCUT2D eigenvalue weighted by Crippen LogP contribution is 2.38. The van der Waals surface area contributed by atoms with E-state index in [4.69, 9.17) is 0 Å². The zero-order chi connectivity index (χ0) is 19.6. The Hall–Kier alpha value is -2.38. The second-order valence-electron chi connectivity index (χ2n) is 8.53. The van der Waals surface area contributed by atoms with Gasteiger partial charge in [-0.3, -0.25) is 14.7 Å². The van der Waals surface area contributed by atoms with Gasteiger partial charge in [-0.05, 0) is 62.9 Å². The van der Waals surface area contributed by atoms with Crippen molar-refractivity contribution in [2.24, 2.45) is 11.8 Å². The Morgan fingerprint density at radius 3 is 2.86 bits per heavy atom. The molecule has 3 fully saturated rings. The number of pyridine rings is 1. The van der Waals surface area contributed by atoms with Crippen LogP contribution in [0, 0.1) is 11.8 Å². The fraction of sp³-hybridized carbons (Fsp3) is 0.545. The molecule has 5 rings (SSSR count). The largest absolute Gasteiger partial charge is 0.350 e. The predicted octanol–water partition coefficient (Wildman–Crippen LogP) is 1.73. The summed E-state index contributed by atoms with van der Waals surface area (Å²) in [6.07, 6.45) is 11.8. The molecule has 2 bridgehead atoms. The molecule has 0 aromatic carbocycles. The molecule has 0 aliphatic carbocycles. The van der Waals surface area contributed by atoms with Gasteiger partial charge < -0.3 is 10.6 Å². The number of carbonyl (C=O) groups excluding carboxylic acids is 1. The minimum atomic E-state index is -0.0952. The van der Waals surface area contributed by atoms with Gasteiger partial charge in [-0.25, -0.2) is 9.97 Å². The number of nitrogens with one attached hydrogen (secondary N) is 2. The molecule has 3 aliphatic heterocycles. The van der Waals surface area contributed by atoms with Gasteiger partial charge in [0.1, 0.15) is 0 Å². The molecular formula is C22H28N6O. The first-order chi connectivity index (χ1) is 14.3. The molecule has 5 heterocycles. The summed E-state index contributed by atoms with van der Waals surface area (Å²) >= 11 is 0. The van der Waals surface area contributed by atoms with Crippen molar-refractivity contribution < 1.29 is 4.79 Å². The van der Waals surface area contributed by atoms with E-state index in [1.807, 2.05) is 12.1 Å². The van der Waals surface area contributed by atoms with Crippen LogP contribution in [0.15, 0.2) is 36.9 Å². The predicted molar refractivity (Wildman–Crippen MR) is 110 cm³/mol. The summed E-state index contributed by atoms with van der Waals surface area (Å²) < 4.78 is 0. The Balaban J connectivity index is 1.25. The van der Waals surface area contributed by atoms with Crippen molar-refractivity contribution in [1.29, 1.82) is 0 Å². The average molecular weight is 393 g/mol. The van der Waals surface area contributed by atoms with Gasteiger partial charge in [0.2, 0.25) is 0 Å². The number of hydrogen-bond acceptors (Lipinski definition) is 6. The van der Waals surface area contributed by atoms with Crippen molar-refractivity contribution in [3.8, 4) is 11.4 Å². The molecule has 4 atom stereocenters. The molecule has 0 unspecified atom stereocenters. The molecule has 3 saturated heterocycles. The van der Waals surface area contributed by atoms with E-state index in [2.05, 4.69) is 30.5 Å². The average Bonchev–Trinajstić information content (AvgIpc) is 2.80. The van der Waals surface area contributed by atoms with Crippen molar-refractivity contribution in [2.75, 3.05) is 26.2 Å². The first-order valence-electron chi connectivity index (χ1n) is 10.8. The van der Waals surface area contributed by atoms with Gasteiger partial charge in [0.25, 0.3) is 5.91 Å². The number of nitrogens with zero attached hydrogens (tertiary/aromatic N) is 4. The highest BCUT2D eigenvalue weighted by molar-refractivity contribution is 5.93. The van der Waals surface area contributed by atoms with Gasteiger partial charge in [0.05, 0.1) is 5.56 Å². The van der Waals surface area contributed by atoms with Crippen LogP contribution >= 0.6 is 0 Å². The lowest BCUT2D eigenvalue weighted by Crippen LogP contribution is -2.65. The van der Waals surface area contributed by atoms with Crippen molar-refractivity contribution in [3.05, 3.63) is 42.5 Å². The van der Waals surface area contributed by atoms with E-state index in [1.54, 1.807) is 24.8 Å². The lowest BCUT2D eigenvalue weighted by atomic mass is 9.73. The van der Waals surface area contributed by atoms with Gasteiger partial charge in [-0.2, -0.15) is 0 Å². The van der Waals surface area contributed by atoms with Crippen molar-refractivity contribution in [1.82, 2.24) is 30.5 Å². The van der Waals surface area contributed by atoms with Crippen LogP contribution in [0.1, 0.15) is 36.0 Å². The Kier molecular flexibility index (Phi) is 5.24. The number of amides is 1. The first-order valence-corrected chi connectivity index (χ1v) is 10.8. The van der Waals surface area contributed by atoms with E-state index in [-0.39, 0.29) is 5.91 Å². The Labute approximate surface area is 171 Å². The maximum atomic E-state index is 12.7. The molecule has 0 saturated carbocycles. The molecular weight excluding hydrogens is 364 g/mol. The van der Waals surface area contributed by atoms with Crippen LogP contribution in [-0.2, 0) is 0 Å². The number of aromatic nitrogens is 3. The van der Waals surface area contributed by atoms with E-state index in [9.17, 15) is 4.79 Å². The van der Waals surface area contributed by atoms with Gasteiger partial charge in [0, 0.05) is 49.0 Å². The maximum absolute atomic E-state index is 12.7. The van der Waals surface area contributed by atoms with Crippen LogP contribution in [0.3, 0.4) is 0 Å². The highest BCUT2D eigenvalue weighted by atomic mass is 16.1. The molecule has 0 spiro atoms. The summed E-state index contributed by atoms with van der Waals surface area (Å²) in [5, 5.41) is 6.79. The zero-order valence-electron chi connectivity index (χ0n) is 16.6. The summed E-state index contributed by atoms with van der Waals surface area (Å²) in [5.41, 5.74) is 1.35. The van der Waals surface area contributed by atoms with Crippen LogP contribution in [0.2, 0.25) is 0 Å². The Morgan fingerprint density at radius 1 is 1.17 bits per heavy atom. The Bertz CT molecular complexity index is 842. The van der Waals surface area contributed by atoms with Gasteiger partial charge in [-0.1, -0.05) is 6.42 Å². The first kappa shape index (κ1) is 18.6. The second kappa shape index (κ2) is 8.16. The monoisotopic (exact) mass is 392 g/mol. The van der Waals surface area contributed by atoms with E-state index < -0.39 is 0 Å². The normalized spacial score (nSPS) is 29.1. The summed E-state index contributed by atoms with van der Waals surface area (Å²) in [6.45, 7) is 4.07. The van der Waals surface area contributed by atoms with Crippen LogP contribution in [0.5, 0.6) is 0 Å². The van der Waals surface area contributed by atoms with Crippen molar-refractivity contribution in [2.45, 2.75) is 37.8 Å². The molecule has 2 aromatic heterocycles. The fourth-order valence-electron chi connectivity index (χ4n) is 5.44. The van der Waals surface area contributed by atoms with Crippen molar-refractivity contribution >= 4 is 5.91 Å². The second-order valence-corrected chi connectivity index (χ2v) is 8.53. The van der Waals surface area contributed by atoms with Crippen LogP contribution < -0.4 is 10.6 Å². The molecule has 1 amide bonds. The van der Waals surface area contributed by atoms with E-state index in [0.717, 1.165) is 24.6 Å². The standard InChI is InChI=1S/C22H28N6O/c29-22(18-12-25-21(26-13-18)15-4-3-6-23-9-15)27-14-20-17-8-16(10-24-11-17)19-5-1-2-7-28(19)20/h3-4,6,9,12-13,16-17,19-20,24H,1-2,5,7-8,10-11,14H2,(H,27,29)/t16-,17+,19+,20+/m1/s1. The van der Waals surface area contributed by atoms with Crippen molar-refractivity contribution in [3.63, 3.8) is 0 Å². The third-order valence-electron chi connectivity index (χ3n) is 6.83. The third-order valence-corrected chi connectivity index (χ3v) is 6.83. The number of carbonyl (C=O) groups is 1. The maximum Gasteiger partial charge on any atom is 0.254 e. The smallest absolute Gasteiger partial charge is 0.254 e. The molecule has 7 heteroatoms. The number of rotatable bonds is 4. The zero-order valence-corrected chi connectivity index (χ0v) is 16.6. The third kappa shape index (κ3) is 3.76. The number of piperidine rings is 3. The molecule has 152 valence electrons. The number of fused-ring (bicyclic) bond motifs is 4. The molecule has 0 radical (unpaired) electrons. The molecule has 2 aromatic rings. The summed E-state index contributed by atoms with van der Waals surface area (Å²) in [5.74, 6) is 1.88. The van der Waals surface area contributed by atoms with Gasteiger partial charge >= 0.3 is 0 Å². The minimum absolute atomic E-state index is 0.0952. The summed E-state index contributed by atoms with van der Waals surface area (Å²) in [6, 6.07) is 4.86. The molecule has 2 N–H and O–H groups in total. The highest BCUT2D eigenvalue weighted by Gasteiger charge is 2.45. The van der Waals surface area contributed by atoms with Gasteiger partial charge in [0.15, 0.2) is 5.82 Å². The van der Waals surface area contributed by atoms with E-state index >= 15 is 0 Å². The minimum Gasteiger partial charge on any atom is -0.350 e. The quantitative estimate of drug-likeness (QED) is 0.825. The van der Waals surface area contributed by atoms with Crippen LogP contribution in [-0.4, -0.2) is 64.0 Å². The summed E-state index contributed by atoms with van der Waals surface area (Å²) in [4.78, 5) is 28.2. The number of hydrogen-bond donors (Lipinski definition) is 2. The van der Waals surface area contributed by atoms with Gasteiger partial charge in [-0.15, -0.1) is 0 Å². The molecule has 3 aliphatic rings. The summed E-state index contributed by atoms with van der Waals surface area (Å²) in [7, 11) is 0. The van der Waals surface area contributed by atoms with E-state index in [0.29, 0.717) is 35.9 Å². The molecule has 29 heavy (non-hydrogen) atoms. The van der Waals surface area contributed by atoms with E-state index in [1.165, 1.54) is 32.2 Å². The lowest BCUT2D eigenvalue weighted by molar-refractivity contribution is -0.0371. The fourth-order valence-corrected chi connectivity index (χ4v) is 5.44. The van der Waals surface area contributed by atoms with Crippen LogP contribution in [0.4, 0.5) is 0 Å². The SMILES string of the molecule is O=C(NC[C@H]1[C@@H]2CNC[C@@H](C2)[C@@H]2CCCCN21)c1cnc(-c2cccnc2)nc1. The molecule has 7 nitrogen and oxygen atoms in total. The van der Waals surface area contributed by atoms with Crippen LogP contribution in [0.25, 0.3) is 11.4 Å². The topological polar surface area (TPSA) is 83.0 Å². The Morgan fingerprint density at radius 2 is 2.03 bits per heavy atom.